The van der Waals surface area contributed by atoms with Gasteiger partial charge in [-0.1, -0.05) is 12.1 Å². The second-order valence-electron chi connectivity index (χ2n) is 7.06. The second-order valence-corrected chi connectivity index (χ2v) is 7.06. The predicted molar refractivity (Wildman–Crippen MR) is 114 cm³/mol. The molecule has 0 aliphatic heterocycles. The number of hydrogen-bond acceptors (Lipinski definition) is 5. The number of halogens is 1. The minimum absolute atomic E-state index is 0.218. The van der Waals surface area contributed by atoms with Crippen molar-refractivity contribution in [1.82, 2.24) is 25.2 Å². The molecule has 0 unspecified atom stereocenters. The van der Waals surface area contributed by atoms with Gasteiger partial charge < -0.3 is 9.84 Å². The number of aryl methyl sites for hydroxylation is 2. The van der Waals surface area contributed by atoms with Crippen molar-refractivity contribution in [1.29, 1.82) is 0 Å². The van der Waals surface area contributed by atoms with Crippen LogP contribution in [0.2, 0.25) is 0 Å². The molecule has 0 saturated carbocycles. The molecular formula is C23H22FN5O2. The van der Waals surface area contributed by atoms with Crippen LogP contribution in [-0.4, -0.2) is 32.4 Å². The number of carbonyl (C=O) groups is 1. The number of nitrogens with one attached hydrogen (secondary N) is 1. The van der Waals surface area contributed by atoms with Gasteiger partial charge in [0.15, 0.2) is 0 Å². The summed E-state index contributed by atoms with van der Waals surface area (Å²) < 4.78 is 20.3. The van der Waals surface area contributed by atoms with E-state index in [0.29, 0.717) is 42.2 Å². The van der Waals surface area contributed by atoms with E-state index in [1.54, 1.807) is 31.5 Å². The Morgan fingerprint density at radius 1 is 1.19 bits per heavy atom. The highest BCUT2D eigenvalue weighted by atomic mass is 19.1. The lowest BCUT2D eigenvalue weighted by Crippen LogP contribution is -2.28. The first-order valence-electron chi connectivity index (χ1n) is 10.0. The molecule has 158 valence electrons. The molecule has 4 aromatic rings. The summed E-state index contributed by atoms with van der Waals surface area (Å²) in [6.07, 6.45) is 4.06. The number of nitrogens with zero attached hydrogens (tertiary/aromatic N) is 4. The molecule has 1 aromatic carbocycles. The maximum absolute atomic E-state index is 13.3. The highest BCUT2D eigenvalue weighted by molar-refractivity contribution is 5.96. The summed E-state index contributed by atoms with van der Waals surface area (Å²) in [6, 6.07) is 11.9. The number of aromatic nitrogens is 4. The van der Waals surface area contributed by atoms with Crippen molar-refractivity contribution >= 4 is 5.91 Å². The van der Waals surface area contributed by atoms with E-state index in [-0.39, 0.29) is 11.7 Å². The van der Waals surface area contributed by atoms with E-state index < -0.39 is 0 Å². The first-order valence-corrected chi connectivity index (χ1v) is 10.0. The highest BCUT2D eigenvalue weighted by Gasteiger charge is 2.19. The van der Waals surface area contributed by atoms with Crippen LogP contribution in [0.15, 0.2) is 59.4 Å². The van der Waals surface area contributed by atoms with Gasteiger partial charge in [0.05, 0.1) is 23.6 Å². The first-order chi connectivity index (χ1) is 15.1. The van der Waals surface area contributed by atoms with Crippen LogP contribution in [0.1, 0.15) is 28.7 Å². The quantitative estimate of drug-likeness (QED) is 0.489. The molecule has 0 fully saturated rings. The summed E-state index contributed by atoms with van der Waals surface area (Å²) >= 11 is 0. The molecule has 3 heterocycles. The fourth-order valence-electron chi connectivity index (χ4n) is 3.41. The van der Waals surface area contributed by atoms with Crippen LogP contribution in [0.4, 0.5) is 4.39 Å². The Balaban J connectivity index is 1.56. The van der Waals surface area contributed by atoms with Gasteiger partial charge in [0, 0.05) is 36.5 Å². The van der Waals surface area contributed by atoms with Crippen LogP contribution in [-0.2, 0) is 13.0 Å². The number of carbonyl (C=O) groups excluding carboxylic acids is 1. The monoisotopic (exact) mass is 419 g/mol. The number of benzene rings is 1. The van der Waals surface area contributed by atoms with Gasteiger partial charge in [-0.15, -0.1) is 0 Å². The van der Waals surface area contributed by atoms with E-state index in [0.717, 1.165) is 16.8 Å². The van der Waals surface area contributed by atoms with Crippen molar-refractivity contribution in [2.45, 2.75) is 26.8 Å². The third kappa shape index (κ3) is 4.37. The van der Waals surface area contributed by atoms with Gasteiger partial charge in [0.25, 0.3) is 5.91 Å². The molecule has 8 heteroatoms. The topological polar surface area (TPSA) is 85.8 Å². The molecule has 0 radical (unpaired) electrons. The van der Waals surface area contributed by atoms with Crippen molar-refractivity contribution < 1.29 is 13.7 Å². The Labute approximate surface area is 178 Å². The van der Waals surface area contributed by atoms with Crippen LogP contribution in [0.5, 0.6) is 0 Å². The first kappa shape index (κ1) is 20.5. The van der Waals surface area contributed by atoms with Crippen molar-refractivity contribution in [3.05, 3.63) is 77.7 Å². The van der Waals surface area contributed by atoms with E-state index in [1.807, 2.05) is 29.8 Å². The standard InChI is InChI=1S/C23H22FN5O2/c1-3-21-22(15(2)28-31-21)23(30)26-11-12-29-20(17-5-4-10-25-14-17)13-19(27-29)16-6-8-18(24)9-7-16/h4-10,13-14H,3,11-12H2,1-2H3,(H,26,30). The number of rotatable bonds is 7. The summed E-state index contributed by atoms with van der Waals surface area (Å²) in [4.78, 5) is 16.8. The fourth-order valence-corrected chi connectivity index (χ4v) is 3.41. The van der Waals surface area contributed by atoms with E-state index >= 15 is 0 Å². The zero-order valence-corrected chi connectivity index (χ0v) is 17.3. The van der Waals surface area contributed by atoms with Crippen LogP contribution in [0, 0.1) is 12.7 Å². The van der Waals surface area contributed by atoms with Gasteiger partial charge in [-0.25, -0.2) is 4.39 Å². The summed E-state index contributed by atoms with van der Waals surface area (Å²) in [5.41, 5.74) is 4.34. The van der Waals surface area contributed by atoms with Crippen molar-refractivity contribution in [3.8, 4) is 22.5 Å². The average Bonchev–Trinajstić information content (AvgIpc) is 3.38. The lowest BCUT2D eigenvalue weighted by Gasteiger charge is -2.09. The van der Waals surface area contributed by atoms with Crippen molar-refractivity contribution in [3.63, 3.8) is 0 Å². The van der Waals surface area contributed by atoms with Crippen molar-refractivity contribution in [2.75, 3.05) is 6.54 Å². The zero-order valence-electron chi connectivity index (χ0n) is 17.3. The smallest absolute Gasteiger partial charge is 0.256 e. The Hall–Kier alpha value is -3.81. The van der Waals surface area contributed by atoms with Gasteiger partial charge in [-0.2, -0.15) is 5.10 Å². The van der Waals surface area contributed by atoms with Gasteiger partial charge in [-0.05, 0) is 49.4 Å². The van der Waals surface area contributed by atoms with Gasteiger partial charge in [-0.3, -0.25) is 14.5 Å². The minimum atomic E-state index is -0.297. The number of hydrogen-bond donors (Lipinski definition) is 1. The maximum Gasteiger partial charge on any atom is 0.256 e. The normalized spacial score (nSPS) is 10.9. The lowest BCUT2D eigenvalue weighted by atomic mass is 10.1. The maximum atomic E-state index is 13.3. The van der Waals surface area contributed by atoms with Crippen LogP contribution >= 0.6 is 0 Å². The van der Waals surface area contributed by atoms with Gasteiger partial charge in [0.1, 0.15) is 17.1 Å². The molecule has 31 heavy (non-hydrogen) atoms. The molecule has 1 amide bonds. The highest BCUT2D eigenvalue weighted by Crippen LogP contribution is 2.26. The Morgan fingerprint density at radius 3 is 2.71 bits per heavy atom. The SMILES string of the molecule is CCc1onc(C)c1C(=O)NCCn1nc(-c2ccc(F)cc2)cc1-c1cccnc1. The molecule has 0 saturated heterocycles. The number of amides is 1. The Kier molecular flexibility index (Phi) is 5.88. The van der Waals surface area contributed by atoms with E-state index in [4.69, 9.17) is 4.52 Å². The molecule has 1 N–H and O–H groups in total. The van der Waals surface area contributed by atoms with E-state index in [9.17, 15) is 9.18 Å². The summed E-state index contributed by atoms with van der Waals surface area (Å²) in [5.74, 6) is 0.0574. The minimum Gasteiger partial charge on any atom is -0.360 e. The second kappa shape index (κ2) is 8.91. The van der Waals surface area contributed by atoms with Gasteiger partial charge in [0.2, 0.25) is 0 Å². The molecule has 0 atom stereocenters. The third-order valence-corrected chi connectivity index (χ3v) is 4.97. The van der Waals surface area contributed by atoms with E-state index in [1.165, 1.54) is 12.1 Å². The summed E-state index contributed by atoms with van der Waals surface area (Å²) in [7, 11) is 0. The number of pyridine rings is 1. The fraction of sp³-hybridized carbons (Fsp3) is 0.217. The molecule has 4 rings (SSSR count). The molecule has 0 bridgehead atoms. The molecule has 0 aliphatic carbocycles. The van der Waals surface area contributed by atoms with Crippen LogP contribution in [0.3, 0.4) is 0 Å². The zero-order chi connectivity index (χ0) is 21.8. The summed E-state index contributed by atoms with van der Waals surface area (Å²) in [6.45, 7) is 4.48. The van der Waals surface area contributed by atoms with Gasteiger partial charge >= 0.3 is 0 Å². The molecule has 7 nitrogen and oxygen atoms in total. The van der Waals surface area contributed by atoms with E-state index in [2.05, 4.69) is 20.6 Å². The summed E-state index contributed by atoms with van der Waals surface area (Å²) in [5, 5.41) is 11.5. The average molecular weight is 419 g/mol. The molecule has 3 aromatic heterocycles. The van der Waals surface area contributed by atoms with Crippen molar-refractivity contribution in [2.24, 2.45) is 0 Å². The Bertz CT molecular complexity index is 1180. The predicted octanol–water partition coefficient (Wildman–Crippen LogP) is 4.04. The third-order valence-electron chi connectivity index (χ3n) is 4.97. The molecule has 0 aliphatic rings. The lowest BCUT2D eigenvalue weighted by molar-refractivity contribution is 0.0949. The Morgan fingerprint density at radius 2 is 2.00 bits per heavy atom. The molecule has 0 spiro atoms. The largest absolute Gasteiger partial charge is 0.360 e. The van der Waals surface area contributed by atoms with Crippen LogP contribution in [0.25, 0.3) is 22.5 Å². The molecular weight excluding hydrogens is 397 g/mol. The van der Waals surface area contributed by atoms with Crippen LogP contribution < -0.4 is 5.32 Å².